The predicted molar refractivity (Wildman–Crippen MR) is 57.1 cm³/mol. The lowest BCUT2D eigenvalue weighted by Crippen LogP contribution is -2.08. The molecule has 1 aromatic carbocycles. The average molecular weight is 226 g/mol. The van der Waals surface area contributed by atoms with Crippen LogP contribution in [0.25, 0.3) is 0 Å². The SMILES string of the molecule is Cc1cc(C(=O)O)c(C)c(S)c1C(=O)O. The van der Waals surface area contributed by atoms with E-state index in [9.17, 15) is 9.59 Å². The van der Waals surface area contributed by atoms with Gasteiger partial charge in [-0.15, -0.1) is 12.6 Å². The van der Waals surface area contributed by atoms with Gasteiger partial charge >= 0.3 is 11.9 Å². The van der Waals surface area contributed by atoms with Crippen molar-refractivity contribution in [3.8, 4) is 0 Å². The minimum atomic E-state index is -1.10. The highest BCUT2D eigenvalue weighted by molar-refractivity contribution is 7.80. The van der Waals surface area contributed by atoms with E-state index < -0.39 is 11.9 Å². The summed E-state index contributed by atoms with van der Waals surface area (Å²) in [5.41, 5.74) is 0.910. The van der Waals surface area contributed by atoms with Crippen molar-refractivity contribution in [2.75, 3.05) is 0 Å². The Hall–Kier alpha value is -1.49. The van der Waals surface area contributed by atoms with Crippen LogP contribution < -0.4 is 0 Å². The largest absolute Gasteiger partial charge is 0.478 e. The molecular formula is C10H10O4S. The first kappa shape index (κ1) is 11.6. The van der Waals surface area contributed by atoms with Crippen molar-refractivity contribution in [1.82, 2.24) is 0 Å². The van der Waals surface area contributed by atoms with Gasteiger partial charge in [-0.1, -0.05) is 0 Å². The van der Waals surface area contributed by atoms with E-state index in [1.807, 2.05) is 0 Å². The van der Waals surface area contributed by atoms with E-state index in [1.54, 1.807) is 6.92 Å². The molecule has 0 amide bonds. The highest BCUT2D eigenvalue weighted by atomic mass is 32.1. The maximum atomic E-state index is 10.9. The van der Waals surface area contributed by atoms with Gasteiger partial charge in [0.25, 0.3) is 0 Å². The summed E-state index contributed by atoms with van der Waals surface area (Å²) in [6.07, 6.45) is 0. The Labute approximate surface area is 92.0 Å². The van der Waals surface area contributed by atoms with Gasteiger partial charge in [0.05, 0.1) is 11.1 Å². The Balaban J connectivity index is 3.58. The van der Waals surface area contributed by atoms with Crippen molar-refractivity contribution < 1.29 is 19.8 Å². The monoisotopic (exact) mass is 226 g/mol. The van der Waals surface area contributed by atoms with Gasteiger partial charge in [0, 0.05) is 4.90 Å². The van der Waals surface area contributed by atoms with Crippen molar-refractivity contribution in [3.63, 3.8) is 0 Å². The molecule has 0 radical (unpaired) electrons. The molecule has 0 aliphatic heterocycles. The molecule has 0 unspecified atom stereocenters. The number of thiol groups is 1. The van der Waals surface area contributed by atoms with Crippen LogP contribution in [0.15, 0.2) is 11.0 Å². The first-order chi connectivity index (χ1) is 6.86. The van der Waals surface area contributed by atoms with Crippen LogP contribution in [0.1, 0.15) is 31.8 Å². The fraction of sp³-hybridized carbons (Fsp3) is 0.200. The van der Waals surface area contributed by atoms with Gasteiger partial charge in [0.15, 0.2) is 0 Å². The number of rotatable bonds is 2. The number of carboxylic acids is 2. The van der Waals surface area contributed by atoms with Crippen LogP contribution in [-0.4, -0.2) is 22.2 Å². The van der Waals surface area contributed by atoms with E-state index in [4.69, 9.17) is 10.2 Å². The Morgan fingerprint density at radius 2 is 1.73 bits per heavy atom. The summed E-state index contributed by atoms with van der Waals surface area (Å²) in [6, 6.07) is 1.35. The summed E-state index contributed by atoms with van der Waals surface area (Å²) in [5.74, 6) is -2.18. The molecule has 0 aromatic heterocycles. The molecule has 0 aliphatic carbocycles. The van der Waals surface area contributed by atoms with E-state index >= 15 is 0 Å². The summed E-state index contributed by atoms with van der Waals surface area (Å²) in [4.78, 5) is 21.9. The first-order valence-corrected chi connectivity index (χ1v) is 4.60. The number of aryl methyl sites for hydroxylation is 1. The Bertz CT molecular complexity index is 451. The summed E-state index contributed by atoms with van der Waals surface area (Å²) >= 11 is 4.04. The van der Waals surface area contributed by atoms with Gasteiger partial charge in [-0.2, -0.15) is 0 Å². The van der Waals surface area contributed by atoms with Gasteiger partial charge in [0.2, 0.25) is 0 Å². The average Bonchev–Trinajstić information content (AvgIpc) is 2.10. The topological polar surface area (TPSA) is 74.6 Å². The Morgan fingerprint density at radius 1 is 1.20 bits per heavy atom. The molecule has 2 N–H and O–H groups in total. The molecule has 0 fully saturated rings. The summed E-state index contributed by atoms with van der Waals surface area (Å²) in [7, 11) is 0. The third kappa shape index (κ3) is 1.97. The maximum absolute atomic E-state index is 10.9. The zero-order valence-electron chi connectivity index (χ0n) is 8.24. The smallest absolute Gasteiger partial charge is 0.337 e. The molecule has 4 nitrogen and oxygen atoms in total. The van der Waals surface area contributed by atoms with E-state index in [2.05, 4.69) is 12.6 Å². The van der Waals surface area contributed by atoms with E-state index in [0.29, 0.717) is 11.1 Å². The quantitative estimate of drug-likeness (QED) is 0.674. The van der Waals surface area contributed by atoms with Crippen LogP contribution in [0.2, 0.25) is 0 Å². The maximum Gasteiger partial charge on any atom is 0.337 e. The van der Waals surface area contributed by atoms with Crippen molar-refractivity contribution >= 4 is 24.6 Å². The third-order valence-electron chi connectivity index (χ3n) is 2.20. The fourth-order valence-corrected chi connectivity index (χ4v) is 1.78. The number of aromatic carboxylic acids is 2. The van der Waals surface area contributed by atoms with Gasteiger partial charge in [0.1, 0.15) is 0 Å². The minimum Gasteiger partial charge on any atom is -0.478 e. The summed E-state index contributed by atoms with van der Waals surface area (Å²) < 4.78 is 0. The molecule has 5 heteroatoms. The van der Waals surface area contributed by atoms with Crippen LogP contribution in [0.5, 0.6) is 0 Å². The molecule has 0 spiro atoms. The first-order valence-electron chi connectivity index (χ1n) is 4.16. The van der Waals surface area contributed by atoms with Crippen molar-refractivity contribution in [1.29, 1.82) is 0 Å². The molecule has 0 saturated heterocycles. The molecule has 0 aliphatic rings. The van der Waals surface area contributed by atoms with Crippen LogP contribution in [0.4, 0.5) is 0 Å². The second-order valence-corrected chi connectivity index (χ2v) is 3.65. The molecule has 1 rings (SSSR count). The number of hydrogen-bond donors (Lipinski definition) is 3. The van der Waals surface area contributed by atoms with Gasteiger partial charge in [-0.05, 0) is 31.0 Å². The van der Waals surface area contributed by atoms with Crippen molar-refractivity contribution in [2.45, 2.75) is 18.7 Å². The highest BCUT2D eigenvalue weighted by Gasteiger charge is 2.18. The van der Waals surface area contributed by atoms with Crippen LogP contribution in [0, 0.1) is 13.8 Å². The molecule has 0 atom stereocenters. The number of carboxylic acid groups (broad SMARTS) is 2. The molecular weight excluding hydrogens is 216 g/mol. The van der Waals surface area contributed by atoms with Crippen molar-refractivity contribution in [3.05, 3.63) is 28.3 Å². The number of benzene rings is 1. The lowest BCUT2D eigenvalue weighted by molar-refractivity contribution is 0.0676. The Morgan fingerprint density at radius 3 is 2.13 bits per heavy atom. The lowest BCUT2D eigenvalue weighted by atomic mass is 10.00. The number of carbonyl (C=O) groups is 2. The van der Waals surface area contributed by atoms with E-state index in [-0.39, 0.29) is 16.0 Å². The van der Waals surface area contributed by atoms with E-state index in [0.717, 1.165) is 0 Å². The molecule has 80 valence electrons. The normalized spacial score (nSPS) is 10.1. The lowest BCUT2D eigenvalue weighted by Gasteiger charge is -2.10. The summed E-state index contributed by atoms with van der Waals surface area (Å²) in [5, 5.41) is 17.8. The predicted octanol–water partition coefficient (Wildman–Crippen LogP) is 1.99. The van der Waals surface area contributed by atoms with E-state index in [1.165, 1.54) is 13.0 Å². The molecule has 1 aromatic rings. The second-order valence-electron chi connectivity index (χ2n) is 3.20. The molecule has 0 saturated carbocycles. The van der Waals surface area contributed by atoms with Crippen LogP contribution >= 0.6 is 12.6 Å². The zero-order chi connectivity index (χ0) is 11.7. The van der Waals surface area contributed by atoms with Crippen LogP contribution in [0.3, 0.4) is 0 Å². The van der Waals surface area contributed by atoms with Crippen molar-refractivity contribution in [2.24, 2.45) is 0 Å². The molecule has 0 heterocycles. The standard InChI is InChI=1S/C10H10O4S/c1-4-3-6(9(11)12)5(2)8(15)7(4)10(13)14/h3,15H,1-2H3,(H,11,12)(H,13,14). The number of hydrogen-bond acceptors (Lipinski definition) is 3. The van der Waals surface area contributed by atoms with Gasteiger partial charge in [-0.25, -0.2) is 9.59 Å². The minimum absolute atomic E-state index is 0.0563. The Kier molecular flexibility index (Phi) is 3.04. The fourth-order valence-electron chi connectivity index (χ4n) is 1.39. The van der Waals surface area contributed by atoms with Gasteiger partial charge < -0.3 is 10.2 Å². The molecule has 0 bridgehead atoms. The zero-order valence-corrected chi connectivity index (χ0v) is 9.13. The van der Waals surface area contributed by atoms with Crippen LogP contribution in [-0.2, 0) is 0 Å². The summed E-state index contributed by atoms with van der Waals surface area (Å²) in [6.45, 7) is 3.09. The molecule has 15 heavy (non-hydrogen) atoms. The third-order valence-corrected chi connectivity index (χ3v) is 2.75. The second kappa shape index (κ2) is 3.94. The highest BCUT2D eigenvalue weighted by Crippen LogP contribution is 2.25. The van der Waals surface area contributed by atoms with Gasteiger partial charge in [-0.3, -0.25) is 0 Å².